The Morgan fingerprint density at radius 2 is 2.00 bits per heavy atom. The van der Waals surface area contributed by atoms with Gasteiger partial charge in [0.2, 0.25) is 6.79 Å². The molecule has 3 rings (SSSR count). The van der Waals surface area contributed by atoms with Gasteiger partial charge in [-0.3, -0.25) is 0 Å². The zero-order chi connectivity index (χ0) is 14.5. The Morgan fingerprint density at radius 3 is 2.76 bits per heavy atom. The molecule has 1 aliphatic carbocycles. The summed E-state index contributed by atoms with van der Waals surface area (Å²) in [5.41, 5.74) is 1.10. The van der Waals surface area contributed by atoms with Gasteiger partial charge in [-0.2, -0.15) is 0 Å². The summed E-state index contributed by atoms with van der Waals surface area (Å²) in [5, 5.41) is 3.34. The second kappa shape index (κ2) is 7.00. The summed E-state index contributed by atoms with van der Waals surface area (Å²) in [6, 6.07) is 3.96. The van der Waals surface area contributed by atoms with Crippen LogP contribution < -0.4 is 19.5 Å². The number of methoxy groups -OCH3 is 1. The van der Waals surface area contributed by atoms with E-state index in [-0.39, 0.29) is 6.79 Å². The molecule has 1 N–H and O–H groups in total. The quantitative estimate of drug-likeness (QED) is 0.708. The second-order valence-electron chi connectivity index (χ2n) is 5.56. The molecule has 0 unspecified atom stereocenters. The first kappa shape index (κ1) is 14.5. The first-order valence-electron chi connectivity index (χ1n) is 7.62. The monoisotopic (exact) mass is 293 g/mol. The number of hydrogen-bond donors (Lipinski definition) is 1. The molecule has 116 valence electrons. The first-order valence-corrected chi connectivity index (χ1v) is 7.62. The molecule has 0 radical (unpaired) electrons. The maximum absolute atomic E-state index is 5.96. The van der Waals surface area contributed by atoms with Crippen LogP contribution in [0.3, 0.4) is 0 Å². The second-order valence-corrected chi connectivity index (χ2v) is 5.56. The number of benzene rings is 1. The van der Waals surface area contributed by atoms with Crippen LogP contribution in [0.15, 0.2) is 12.1 Å². The Hall–Kier alpha value is -1.46. The Balaban J connectivity index is 1.62. The van der Waals surface area contributed by atoms with Crippen LogP contribution in [0.5, 0.6) is 17.2 Å². The molecule has 0 saturated heterocycles. The Bertz CT molecular complexity index is 474. The van der Waals surface area contributed by atoms with Crippen LogP contribution in [0, 0.1) is 5.92 Å². The molecule has 1 saturated carbocycles. The lowest BCUT2D eigenvalue weighted by Gasteiger charge is -2.13. The highest BCUT2D eigenvalue weighted by atomic mass is 16.7. The average molecular weight is 293 g/mol. The van der Waals surface area contributed by atoms with E-state index in [1.165, 1.54) is 12.8 Å². The molecule has 0 amide bonds. The van der Waals surface area contributed by atoms with E-state index in [2.05, 4.69) is 5.32 Å². The topological polar surface area (TPSA) is 49.0 Å². The lowest BCUT2D eigenvalue weighted by molar-refractivity contribution is 0.173. The largest absolute Gasteiger partial charge is 0.493 e. The van der Waals surface area contributed by atoms with Crippen molar-refractivity contribution < 1.29 is 18.9 Å². The third kappa shape index (κ3) is 4.02. The standard InChI is InChI=1S/C16H23NO4/c1-18-7-5-17-10-13-8-15-16(21-11-20-15)9-14(13)19-6-4-12-2-3-12/h8-9,12,17H,2-7,10-11H2,1H3. The van der Waals surface area contributed by atoms with Gasteiger partial charge in [0.15, 0.2) is 11.5 Å². The van der Waals surface area contributed by atoms with Gasteiger partial charge in [0.25, 0.3) is 0 Å². The minimum Gasteiger partial charge on any atom is -0.493 e. The highest BCUT2D eigenvalue weighted by Crippen LogP contribution is 2.39. The Labute approximate surface area is 125 Å². The number of fused-ring (bicyclic) bond motifs is 1. The van der Waals surface area contributed by atoms with Gasteiger partial charge < -0.3 is 24.3 Å². The van der Waals surface area contributed by atoms with E-state index in [0.717, 1.165) is 54.8 Å². The molecule has 1 heterocycles. The van der Waals surface area contributed by atoms with Gasteiger partial charge in [-0.25, -0.2) is 0 Å². The summed E-state index contributed by atoms with van der Waals surface area (Å²) in [7, 11) is 1.70. The average Bonchev–Trinajstić information content (AvgIpc) is 3.20. The lowest BCUT2D eigenvalue weighted by Crippen LogP contribution is -2.19. The molecule has 2 aliphatic rings. The zero-order valence-corrected chi connectivity index (χ0v) is 12.5. The maximum Gasteiger partial charge on any atom is 0.231 e. The van der Waals surface area contributed by atoms with Crippen molar-refractivity contribution in [2.24, 2.45) is 5.92 Å². The van der Waals surface area contributed by atoms with Crippen molar-refractivity contribution in [1.82, 2.24) is 5.32 Å². The fourth-order valence-corrected chi connectivity index (χ4v) is 2.38. The van der Waals surface area contributed by atoms with Crippen LogP contribution in [-0.4, -0.2) is 33.7 Å². The van der Waals surface area contributed by atoms with E-state index in [9.17, 15) is 0 Å². The third-order valence-corrected chi connectivity index (χ3v) is 3.83. The lowest BCUT2D eigenvalue weighted by atomic mass is 10.1. The summed E-state index contributed by atoms with van der Waals surface area (Å²) in [4.78, 5) is 0. The van der Waals surface area contributed by atoms with Crippen molar-refractivity contribution >= 4 is 0 Å². The fraction of sp³-hybridized carbons (Fsp3) is 0.625. The van der Waals surface area contributed by atoms with Crippen LogP contribution in [0.4, 0.5) is 0 Å². The van der Waals surface area contributed by atoms with Crippen LogP contribution in [0.25, 0.3) is 0 Å². The molecule has 5 heteroatoms. The van der Waals surface area contributed by atoms with Gasteiger partial charge in [-0.15, -0.1) is 0 Å². The zero-order valence-electron chi connectivity index (χ0n) is 12.5. The highest BCUT2D eigenvalue weighted by molar-refractivity contribution is 5.51. The molecule has 21 heavy (non-hydrogen) atoms. The van der Waals surface area contributed by atoms with E-state index in [4.69, 9.17) is 18.9 Å². The van der Waals surface area contributed by atoms with Gasteiger partial charge >= 0.3 is 0 Å². The van der Waals surface area contributed by atoms with Gasteiger partial charge in [0, 0.05) is 31.8 Å². The van der Waals surface area contributed by atoms with E-state index in [1.807, 2.05) is 12.1 Å². The van der Waals surface area contributed by atoms with Gasteiger partial charge in [0.1, 0.15) is 5.75 Å². The highest BCUT2D eigenvalue weighted by Gasteiger charge is 2.22. The van der Waals surface area contributed by atoms with Crippen molar-refractivity contribution in [1.29, 1.82) is 0 Å². The molecule has 1 aliphatic heterocycles. The van der Waals surface area contributed by atoms with Crippen molar-refractivity contribution in [2.45, 2.75) is 25.8 Å². The number of hydrogen-bond acceptors (Lipinski definition) is 5. The van der Waals surface area contributed by atoms with Crippen LogP contribution in [0.2, 0.25) is 0 Å². The molecular formula is C16H23NO4. The summed E-state index contributed by atoms with van der Waals surface area (Å²) in [6.45, 7) is 3.31. The van der Waals surface area contributed by atoms with Gasteiger partial charge in [-0.1, -0.05) is 12.8 Å². The summed E-state index contributed by atoms with van der Waals surface area (Å²) in [6.07, 6.45) is 3.86. The van der Waals surface area contributed by atoms with Crippen molar-refractivity contribution in [2.75, 3.05) is 33.7 Å². The minimum atomic E-state index is 0.289. The number of nitrogens with one attached hydrogen (secondary N) is 1. The van der Waals surface area contributed by atoms with Crippen molar-refractivity contribution in [3.05, 3.63) is 17.7 Å². The number of ether oxygens (including phenoxy) is 4. The molecule has 0 aromatic heterocycles. The Kier molecular flexibility index (Phi) is 4.83. The van der Waals surface area contributed by atoms with Crippen molar-refractivity contribution in [3.63, 3.8) is 0 Å². The molecule has 5 nitrogen and oxygen atoms in total. The smallest absolute Gasteiger partial charge is 0.231 e. The van der Waals surface area contributed by atoms with E-state index in [0.29, 0.717) is 6.61 Å². The fourth-order valence-electron chi connectivity index (χ4n) is 2.38. The van der Waals surface area contributed by atoms with Gasteiger partial charge in [0.05, 0.1) is 13.2 Å². The summed E-state index contributed by atoms with van der Waals surface area (Å²) in [5.74, 6) is 3.34. The minimum absolute atomic E-state index is 0.289. The third-order valence-electron chi connectivity index (χ3n) is 3.83. The maximum atomic E-state index is 5.96. The summed E-state index contributed by atoms with van der Waals surface area (Å²) >= 11 is 0. The van der Waals surface area contributed by atoms with E-state index < -0.39 is 0 Å². The number of rotatable bonds is 9. The summed E-state index contributed by atoms with van der Waals surface area (Å²) < 4.78 is 21.9. The molecular weight excluding hydrogens is 270 g/mol. The van der Waals surface area contributed by atoms with Crippen molar-refractivity contribution in [3.8, 4) is 17.2 Å². The van der Waals surface area contributed by atoms with Crippen LogP contribution in [-0.2, 0) is 11.3 Å². The molecule has 0 atom stereocenters. The molecule has 1 aromatic rings. The predicted octanol–water partition coefficient (Wildman–Crippen LogP) is 2.33. The SMILES string of the molecule is COCCNCc1cc2c(cc1OCCC1CC1)OCO2. The molecule has 0 bridgehead atoms. The molecule has 1 fully saturated rings. The van der Waals surface area contributed by atoms with Crippen LogP contribution in [0.1, 0.15) is 24.8 Å². The van der Waals surface area contributed by atoms with Crippen LogP contribution >= 0.6 is 0 Å². The van der Waals surface area contributed by atoms with E-state index in [1.54, 1.807) is 7.11 Å². The van der Waals surface area contributed by atoms with E-state index >= 15 is 0 Å². The molecule has 0 spiro atoms. The van der Waals surface area contributed by atoms with Gasteiger partial charge in [-0.05, 0) is 18.4 Å². The molecule has 1 aromatic carbocycles. The first-order chi connectivity index (χ1) is 10.4. The normalized spacial score (nSPS) is 16.2. The Morgan fingerprint density at radius 1 is 1.19 bits per heavy atom. The predicted molar refractivity (Wildman–Crippen MR) is 79.0 cm³/mol.